The van der Waals surface area contributed by atoms with Crippen molar-refractivity contribution in [3.05, 3.63) is 36.4 Å². The minimum Gasteiger partial charge on any atom is -0.507 e. The van der Waals surface area contributed by atoms with E-state index in [1.165, 1.54) is 0 Å². The Labute approximate surface area is 90.1 Å². The summed E-state index contributed by atoms with van der Waals surface area (Å²) >= 11 is 0. The van der Waals surface area contributed by atoms with Crippen molar-refractivity contribution < 1.29 is 9.84 Å². The fraction of sp³-hybridized carbons (Fsp3) is 0.231. The fourth-order valence-corrected chi connectivity index (χ4v) is 1.44. The largest absolute Gasteiger partial charge is 0.507 e. The summed E-state index contributed by atoms with van der Waals surface area (Å²) in [6.45, 7) is 4.00. The Bertz CT molecular complexity index is 435. The third kappa shape index (κ3) is 2.21. The molecule has 0 heterocycles. The van der Waals surface area contributed by atoms with Crippen LogP contribution in [0.5, 0.6) is 11.5 Å². The Kier molecular flexibility index (Phi) is 3.98. The molecule has 1 N–H and O–H groups in total. The number of ether oxygens (including phenoxy) is 1. The van der Waals surface area contributed by atoms with E-state index in [-0.39, 0.29) is 5.75 Å². The third-order valence-corrected chi connectivity index (χ3v) is 2.08. The summed E-state index contributed by atoms with van der Waals surface area (Å²) in [5.41, 5.74) is 0. The number of methoxy groups -OCH3 is 1. The summed E-state index contributed by atoms with van der Waals surface area (Å²) in [6, 6.07) is 11.0. The fourth-order valence-electron chi connectivity index (χ4n) is 1.44. The van der Waals surface area contributed by atoms with Crippen LogP contribution in [0.4, 0.5) is 0 Å². The van der Waals surface area contributed by atoms with Crippen molar-refractivity contribution in [3.63, 3.8) is 0 Å². The molecule has 2 nitrogen and oxygen atoms in total. The summed E-state index contributed by atoms with van der Waals surface area (Å²) in [6.07, 6.45) is 0. The number of fused-ring (bicyclic) bond motifs is 1. The van der Waals surface area contributed by atoms with E-state index in [4.69, 9.17) is 4.74 Å². The molecule has 0 aromatic heterocycles. The van der Waals surface area contributed by atoms with Gasteiger partial charge in [-0.15, -0.1) is 0 Å². The second-order valence-electron chi connectivity index (χ2n) is 2.83. The number of aromatic hydroxyl groups is 1. The quantitative estimate of drug-likeness (QED) is 0.769. The molecule has 0 amide bonds. The minimum atomic E-state index is 0.288. The highest BCUT2D eigenvalue weighted by Crippen LogP contribution is 2.30. The summed E-state index contributed by atoms with van der Waals surface area (Å²) < 4.78 is 5.17. The first-order chi connectivity index (χ1) is 7.33. The first-order valence-corrected chi connectivity index (χ1v) is 5.07. The topological polar surface area (TPSA) is 29.5 Å². The molecule has 0 spiro atoms. The Hall–Kier alpha value is -1.70. The van der Waals surface area contributed by atoms with Gasteiger partial charge in [-0.25, -0.2) is 0 Å². The second-order valence-corrected chi connectivity index (χ2v) is 2.83. The lowest BCUT2D eigenvalue weighted by molar-refractivity contribution is 0.419. The summed E-state index contributed by atoms with van der Waals surface area (Å²) in [5, 5.41) is 11.3. The van der Waals surface area contributed by atoms with Crippen LogP contribution < -0.4 is 4.74 Å². The van der Waals surface area contributed by atoms with Gasteiger partial charge in [0.25, 0.3) is 0 Å². The number of benzene rings is 2. The van der Waals surface area contributed by atoms with Crippen molar-refractivity contribution in [2.24, 2.45) is 0 Å². The van der Waals surface area contributed by atoms with Crippen LogP contribution >= 0.6 is 0 Å². The Morgan fingerprint density at radius 1 is 0.933 bits per heavy atom. The molecule has 0 bridgehead atoms. The maximum atomic E-state index is 9.54. The molecule has 2 aromatic rings. The van der Waals surface area contributed by atoms with E-state index in [1.807, 2.05) is 38.1 Å². The van der Waals surface area contributed by atoms with E-state index in [9.17, 15) is 5.11 Å². The molecule has 0 fully saturated rings. The zero-order valence-corrected chi connectivity index (χ0v) is 9.32. The monoisotopic (exact) mass is 204 g/mol. The highest BCUT2D eigenvalue weighted by atomic mass is 16.5. The molecule has 0 aliphatic rings. The lowest BCUT2D eigenvalue weighted by atomic mass is 10.1. The van der Waals surface area contributed by atoms with Crippen LogP contribution in [-0.4, -0.2) is 12.2 Å². The highest BCUT2D eigenvalue weighted by Gasteiger charge is 2.02. The van der Waals surface area contributed by atoms with Gasteiger partial charge in [0.15, 0.2) is 0 Å². The average Bonchev–Trinajstić information content (AvgIpc) is 2.32. The summed E-state index contributed by atoms with van der Waals surface area (Å²) in [4.78, 5) is 0. The van der Waals surface area contributed by atoms with Crippen molar-refractivity contribution >= 4 is 10.8 Å². The molecule has 0 radical (unpaired) electrons. The van der Waals surface area contributed by atoms with E-state index in [0.717, 1.165) is 16.5 Å². The number of hydrogen-bond donors (Lipinski definition) is 1. The van der Waals surface area contributed by atoms with Crippen LogP contribution in [0.3, 0.4) is 0 Å². The maximum Gasteiger partial charge on any atom is 0.126 e. The molecule has 0 aliphatic carbocycles. The summed E-state index contributed by atoms with van der Waals surface area (Å²) in [7, 11) is 1.62. The van der Waals surface area contributed by atoms with Gasteiger partial charge in [-0.05, 0) is 12.1 Å². The normalized spacial score (nSPS) is 9.27. The predicted molar refractivity (Wildman–Crippen MR) is 63.5 cm³/mol. The van der Waals surface area contributed by atoms with E-state index < -0.39 is 0 Å². The SMILES string of the molecule is CC.COc1cccc2c(O)cccc12. The van der Waals surface area contributed by atoms with Gasteiger partial charge in [-0.1, -0.05) is 38.1 Å². The number of rotatable bonds is 1. The highest BCUT2D eigenvalue weighted by molar-refractivity contribution is 5.92. The Morgan fingerprint density at radius 3 is 2.20 bits per heavy atom. The molecule has 0 aliphatic heterocycles. The lowest BCUT2D eigenvalue weighted by Gasteiger charge is -2.05. The Balaban J connectivity index is 0.000000531. The van der Waals surface area contributed by atoms with Crippen LogP contribution in [0.15, 0.2) is 36.4 Å². The maximum absolute atomic E-state index is 9.54. The molecule has 2 rings (SSSR count). The molecule has 80 valence electrons. The van der Waals surface area contributed by atoms with Gasteiger partial charge >= 0.3 is 0 Å². The van der Waals surface area contributed by atoms with E-state index in [2.05, 4.69) is 0 Å². The smallest absolute Gasteiger partial charge is 0.126 e. The van der Waals surface area contributed by atoms with Crippen LogP contribution in [0.25, 0.3) is 10.8 Å². The number of phenols is 1. The molecule has 0 atom stereocenters. The molecule has 15 heavy (non-hydrogen) atoms. The van der Waals surface area contributed by atoms with Crippen LogP contribution in [0, 0.1) is 0 Å². The van der Waals surface area contributed by atoms with Crippen LogP contribution in [-0.2, 0) is 0 Å². The first kappa shape index (κ1) is 11.4. The standard InChI is InChI=1S/C11H10O2.C2H6/c1-13-11-7-3-4-8-9(11)5-2-6-10(8)12;1-2/h2-7,12H,1H3;1-2H3. The van der Waals surface area contributed by atoms with Gasteiger partial charge in [0, 0.05) is 10.8 Å². The van der Waals surface area contributed by atoms with E-state index in [0.29, 0.717) is 0 Å². The van der Waals surface area contributed by atoms with Crippen molar-refractivity contribution in [1.29, 1.82) is 0 Å². The van der Waals surface area contributed by atoms with Gasteiger partial charge in [0.2, 0.25) is 0 Å². The molecular weight excluding hydrogens is 188 g/mol. The van der Waals surface area contributed by atoms with Crippen LogP contribution in [0.2, 0.25) is 0 Å². The molecule has 2 heteroatoms. The van der Waals surface area contributed by atoms with E-state index >= 15 is 0 Å². The van der Waals surface area contributed by atoms with Gasteiger partial charge in [0.05, 0.1) is 7.11 Å². The Morgan fingerprint density at radius 2 is 1.53 bits per heavy atom. The van der Waals surface area contributed by atoms with Crippen molar-refractivity contribution in [3.8, 4) is 11.5 Å². The van der Waals surface area contributed by atoms with E-state index in [1.54, 1.807) is 19.2 Å². The molecular formula is C13H16O2. The zero-order valence-electron chi connectivity index (χ0n) is 9.32. The predicted octanol–water partition coefficient (Wildman–Crippen LogP) is 3.58. The van der Waals surface area contributed by atoms with Crippen molar-refractivity contribution in [1.82, 2.24) is 0 Å². The van der Waals surface area contributed by atoms with Crippen molar-refractivity contribution in [2.45, 2.75) is 13.8 Å². The van der Waals surface area contributed by atoms with Crippen LogP contribution in [0.1, 0.15) is 13.8 Å². The lowest BCUT2D eigenvalue weighted by Crippen LogP contribution is -1.83. The average molecular weight is 204 g/mol. The second kappa shape index (κ2) is 5.25. The summed E-state index contributed by atoms with van der Waals surface area (Å²) in [5.74, 6) is 1.07. The van der Waals surface area contributed by atoms with Gasteiger partial charge in [-0.2, -0.15) is 0 Å². The number of hydrogen-bond acceptors (Lipinski definition) is 2. The molecule has 0 saturated heterocycles. The number of phenolic OH excluding ortho intramolecular Hbond substituents is 1. The van der Waals surface area contributed by atoms with Gasteiger partial charge < -0.3 is 9.84 Å². The minimum absolute atomic E-state index is 0.288. The van der Waals surface area contributed by atoms with Gasteiger partial charge in [-0.3, -0.25) is 0 Å². The molecule has 2 aromatic carbocycles. The van der Waals surface area contributed by atoms with Gasteiger partial charge in [0.1, 0.15) is 11.5 Å². The molecule has 0 saturated carbocycles. The zero-order chi connectivity index (χ0) is 11.3. The first-order valence-electron chi connectivity index (χ1n) is 5.07. The van der Waals surface area contributed by atoms with Crippen molar-refractivity contribution in [2.75, 3.05) is 7.11 Å². The third-order valence-electron chi connectivity index (χ3n) is 2.08. The molecule has 0 unspecified atom stereocenters.